The van der Waals surface area contributed by atoms with Crippen LogP contribution in [0.15, 0.2) is 63.8 Å². The third kappa shape index (κ3) is 4.53. The third-order valence-corrected chi connectivity index (χ3v) is 7.35. The Kier molecular flexibility index (Phi) is 7.17. The number of ether oxygens (including phenoxy) is 1. The largest absolute Gasteiger partial charge is 0.508 e. The highest BCUT2D eigenvalue weighted by atomic mass is 16.5. The van der Waals surface area contributed by atoms with E-state index >= 15 is 0 Å². The predicted octanol–water partition coefficient (Wildman–Crippen LogP) is 1.95. The monoisotopic (exact) mass is 552 g/mol. The normalized spacial score (nSPS) is 23.8. The minimum atomic E-state index is -1.84. The Morgan fingerprint density at radius 1 is 0.825 bits per heavy atom. The molecule has 0 aliphatic carbocycles. The average molecular weight is 553 g/mol. The lowest BCUT2D eigenvalue weighted by atomic mass is 9.84. The van der Waals surface area contributed by atoms with Crippen molar-refractivity contribution in [2.45, 2.75) is 43.4 Å². The lowest BCUT2D eigenvalue weighted by Gasteiger charge is -2.40. The molecule has 0 amide bonds. The number of aromatic hydroxyl groups is 4. The zero-order chi connectivity index (χ0) is 28.9. The van der Waals surface area contributed by atoms with Crippen LogP contribution in [0.1, 0.15) is 35.6 Å². The Morgan fingerprint density at radius 2 is 1.43 bits per heavy atom. The van der Waals surface area contributed by atoms with E-state index in [0.717, 1.165) is 6.07 Å². The molecule has 5 rings (SSSR count). The Labute approximate surface area is 227 Å². The van der Waals surface area contributed by atoms with Gasteiger partial charge in [-0.2, -0.15) is 0 Å². The van der Waals surface area contributed by atoms with Crippen molar-refractivity contribution >= 4 is 11.0 Å². The van der Waals surface area contributed by atoms with Crippen LogP contribution in [-0.4, -0.2) is 71.9 Å². The van der Waals surface area contributed by atoms with Crippen LogP contribution in [0.4, 0.5) is 0 Å². The zero-order valence-corrected chi connectivity index (χ0v) is 21.2. The van der Waals surface area contributed by atoms with E-state index in [-0.39, 0.29) is 39.4 Å². The van der Waals surface area contributed by atoms with Gasteiger partial charge in [-0.1, -0.05) is 19.1 Å². The quantitative estimate of drug-likeness (QED) is 0.180. The average Bonchev–Trinajstić information content (AvgIpc) is 2.93. The van der Waals surface area contributed by atoms with Gasteiger partial charge in [-0.15, -0.1) is 0 Å². The molecule has 4 aromatic rings. The summed E-state index contributed by atoms with van der Waals surface area (Å²) in [5.41, 5.74) is -0.536. The van der Waals surface area contributed by atoms with Gasteiger partial charge in [-0.3, -0.25) is 4.79 Å². The first-order chi connectivity index (χ1) is 19.0. The van der Waals surface area contributed by atoms with Crippen LogP contribution in [0.25, 0.3) is 22.3 Å². The van der Waals surface area contributed by atoms with Gasteiger partial charge in [0.25, 0.3) is 0 Å². The molecule has 8 N–H and O–H groups in total. The molecule has 1 aliphatic heterocycles. The Balaban J connectivity index is 1.82. The fourth-order valence-electron chi connectivity index (χ4n) is 5.12. The Morgan fingerprint density at radius 3 is 2.02 bits per heavy atom. The number of phenolic OH excluding ortho intramolecular Hbond substituents is 4. The molecule has 11 heteroatoms. The molecule has 1 aliphatic rings. The van der Waals surface area contributed by atoms with Gasteiger partial charge in [0.15, 0.2) is 11.0 Å². The molecule has 3 aromatic carbocycles. The van der Waals surface area contributed by atoms with Gasteiger partial charge in [0.1, 0.15) is 64.7 Å². The van der Waals surface area contributed by atoms with Crippen molar-refractivity contribution in [3.05, 3.63) is 81.5 Å². The minimum Gasteiger partial charge on any atom is -0.508 e. The van der Waals surface area contributed by atoms with Crippen LogP contribution < -0.4 is 5.43 Å². The minimum absolute atomic E-state index is 0.00136. The summed E-state index contributed by atoms with van der Waals surface area (Å²) in [6.07, 6.45) is -8.27. The fraction of sp³-hybridized carbons (Fsp3) is 0.276. The summed E-state index contributed by atoms with van der Waals surface area (Å²) in [4.78, 5) is 13.5. The molecule has 0 saturated carbocycles. The van der Waals surface area contributed by atoms with Crippen molar-refractivity contribution in [3.63, 3.8) is 0 Å². The topological polar surface area (TPSA) is 201 Å². The van der Waals surface area contributed by atoms with Gasteiger partial charge in [0, 0.05) is 23.1 Å². The molecular formula is C29H28O11. The van der Waals surface area contributed by atoms with E-state index in [4.69, 9.17) is 9.15 Å². The highest BCUT2D eigenvalue weighted by Gasteiger charge is 2.46. The van der Waals surface area contributed by atoms with Gasteiger partial charge in [0.05, 0.1) is 12.2 Å². The first-order valence-corrected chi connectivity index (χ1v) is 12.5. The molecule has 210 valence electrons. The molecule has 0 radical (unpaired) electrons. The summed E-state index contributed by atoms with van der Waals surface area (Å²) >= 11 is 0. The predicted molar refractivity (Wildman–Crippen MR) is 141 cm³/mol. The Hall–Kier alpha value is -4.13. The summed E-state index contributed by atoms with van der Waals surface area (Å²) in [6.45, 7) is 0.897. The van der Waals surface area contributed by atoms with E-state index in [1.165, 1.54) is 36.4 Å². The maximum Gasteiger partial charge on any atom is 0.197 e. The van der Waals surface area contributed by atoms with E-state index < -0.39 is 60.0 Å². The smallest absolute Gasteiger partial charge is 0.197 e. The highest BCUT2D eigenvalue weighted by Crippen LogP contribution is 2.49. The second-order valence-corrected chi connectivity index (χ2v) is 9.81. The SMILES string of the molecule is C[C@@H](c1ccc(O)cc1)c1c(O)c([C@H]2O[C@@H](CO)[C@H](O)[C@@H](O)[C@@H]2O)c2oc(-c3ccc(O)cc3)cc(=O)c2c1O. The molecule has 2 heterocycles. The molecule has 11 nitrogen and oxygen atoms in total. The number of hydrogen-bond donors (Lipinski definition) is 8. The molecule has 1 saturated heterocycles. The maximum absolute atomic E-state index is 13.5. The number of benzene rings is 3. The second-order valence-electron chi connectivity index (χ2n) is 9.81. The zero-order valence-electron chi connectivity index (χ0n) is 21.2. The van der Waals surface area contributed by atoms with Crippen molar-refractivity contribution in [1.29, 1.82) is 0 Å². The molecule has 1 aromatic heterocycles. The highest BCUT2D eigenvalue weighted by molar-refractivity contribution is 5.92. The molecular weight excluding hydrogens is 524 g/mol. The molecule has 0 spiro atoms. The van der Waals surface area contributed by atoms with Crippen molar-refractivity contribution in [2.75, 3.05) is 6.61 Å². The summed E-state index contributed by atoms with van der Waals surface area (Å²) < 4.78 is 11.7. The van der Waals surface area contributed by atoms with Gasteiger partial charge < -0.3 is 50.0 Å². The van der Waals surface area contributed by atoms with E-state index in [1.54, 1.807) is 19.1 Å². The molecule has 1 fully saturated rings. The maximum atomic E-state index is 13.5. The first-order valence-electron chi connectivity index (χ1n) is 12.5. The van der Waals surface area contributed by atoms with Crippen LogP contribution in [0.3, 0.4) is 0 Å². The number of phenols is 4. The number of hydrogen-bond acceptors (Lipinski definition) is 11. The lowest BCUT2D eigenvalue weighted by molar-refractivity contribution is -0.231. The summed E-state index contributed by atoms with van der Waals surface area (Å²) in [5, 5.41) is 83.4. The van der Waals surface area contributed by atoms with E-state index in [9.17, 15) is 45.6 Å². The van der Waals surface area contributed by atoms with E-state index in [2.05, 4.69) is 0 Å². The summed E-state index contributed by atoms with van der Waals surface area (Å²) in [7, 11) is 0. The first kappa shape index (κ1) is 27.4. The summed E-state index contributed by atoms with van der Waals surface area (Å²) in [5.74, 6) is -2.00. The lowest BCUT2D eigenvalue weighted by Crippen LogP contribution is -2.55. The van der Waals surface area contributed by atoms with Crippen LogP contribution in [0.2, 0.25) is 0 Å². The van der Waals surface area contributed by atoms with Crippen molar-refractivity contribution < 1.29 is 50.0 Å². The van der Waals surface area contributed by atoms with Crippen LogP contribution in [0, 0.1) is 0 Å². The van der Waals surface area contributed by atoms with Crippen LogP contribution >= 0.6 is 0 Å². The van der Waals surface area contributed by atoms with Crippen LogP contribution in [-0.2, 0) is 4.74 Å². The van der Waals surface area contributed by atoms with Gasteiger partial charge in [-0.25, -0.2) is 0 Å². The number of rotatable bonds is 5. The Bertz CT molecular complexity index is 1590. The molecule has 0 unspecified atom stereocenters. The van der Waals surface area contributed by atoms with E-state index in [1.807, 2.05) is 0 Å². The van der Waals surface area contributed by atoms with Gasteiger partial charge in [0.2, 0.25) is 0 Å². The number of aliphatic hydroxyl groups is 4. The van der Waals surface area contributed by atoms with Gasteiger partial charge in [-0.05, 0) is 42.0 Å². The van der Waals surface area contributed by atoms with Crippen molar-refractivity contribution in [1.82, 2.24) is 0 Å². The summed E-state index contributed by atoms with van der Waals surface area (Å²) in [6, 6.07) is 12.8. The number of fused-ring (bicyclic) bond motifs is 1. The van der Waals surface area contributed by atoms with Crippen molar-refractivity contribution in [3.8, 4) is 34.3 Å². The fourth-order valence-corrected chi connectivity index (χ4v) is 5.12. The van der Waals surface area contributed by atoms with Gasteiger partial charge >= 0.3 is 0 Å². The molecule has 0 bridgehead atoms. The molecule has 6 atom stereocenters. The number of aliphatic hydroxyl groups excluding tert-OH is 4. The van der Waals surface area contributed by atoms with Crippen molar-refractivity contribution in [2.24, 2.45) is 0 Å². The van der Waals surface area contributed by atoms with E-state index in [0.29, 0.717) is 11.1 Å². The second kappa shape index (κ2) is 10.5. The third-order valence-electron chi connectivity index (χ3n) is 7.35. The molecule has 40 heavy (non-hydrogen) atoms. The standard InChI is InChI=1S/C29H28O11/c1-12(13-2-6-15(31)7-3-13)20-24(35)21-17(33)10-18(14-4-8-16(32)9-5-14)39-28(21)22(25(20)36)29-27(38)26(37)23(34)19(11-30)40-29/h2-10,12,19,23,26-27,29-32,34-38H,11H2,1H3/t12-,19-,23-,26+,27-,29+/m0/s1. The van der Waals surface area contributed by atoms with Crippen LogP contribution in [0.5, 0.6) is 23.0 Å².